The molecule has 0 amide bonds. The van der Waals surface area contributed by atoms with Crippen molar-refractivity contribution in [2.75, 3.05) is 7.11 Å². The molecule has 2 aromatic carbocycles. The quantitative estimate of drug-likeness (QED) is 0.790. The number of hydrogen-bond acceptors (Lipinski definition) is 4. The van der Waals surface area contributed by atoms with Crippen LogP contribution in [0.25, 0.3) is 0 Å². The molecule has 1 atom stereocenters. The second-order valence-corrected chi connectivity index (χ2v) is 8.20. The number of methoxy groups -OCH3 is 1. The zero-order valence-electron chi connectivity index (χ0n) is 14.5. The molecule has 0 bridgehead atoms. The molecule has 1 aliphatic rings. The van der Waals surface area contributed by atoms with E-state index in [0.717, 1.165) is 22.3 Å². The van der Waals surface area contributed by atoms with E-state index in [0.29, 0.717) is 6.42 Å². The molecule has 132 valence electrons. The Morgan fingerprint density at radius 1 is 1.08 bits per heavy atom. The molecule has 0 aliphatic carbocycles. The van der Waals surface area contributed by atoms with E-state index in [1.54, 1.807) is 18.2 Å². The first-order valence-electron chi connectivity index (χ1n) is 8.08. The lowest BCUT2D eigenvalue weighted by atomic mass is 9.96. The van der Waals surface area contributed by atoms with Gasteiger partial charge in [0, 0.05) is 13.0 Å². The van der Waals surface area contributed by atoms with Gasteiger partial charge in [0.2, 0.25) is 10.0 Å². The summed E-state index contributed by atoms with van der Waals surface area (Å²) in [5.41, 5.74) is 3.81. The first-order valence-corrected chi connectivity index (χ1v) is 9.52. The number of rotatable bonds is 3. The van der Waals surface area contributed by atoms with E-state index in [4.69, 9.17) is 4.74 Å². The Morgan fingerprint density at radius 2 is 1.76 bits per heavy atom. The van der Waals surface area contributed by atoms with Gasteiger partial charge in [-0.25, -0.2) is 8.42 Å². The summed E-state index contributed by atoms with van der Waals surface area (Å²) in [7, 11) is -2.53. The monoisotopic (exact) mass is 359 g/mol. The second-order valence-electron chi connectivity index (χ2n) is 6.31. The molecular formula is C19H21NO4S. The molecule has 1 aliphatic heterocycles. The van der Waals surface area contributed by atoms with E-state index in [9.17, 15) is 13.2 Å². The molecule has 0 radical (unpaired) electrons. The summed E-state index contributed by atoms with van der Waals surface area (Å²) in [6, 6.07) is 11.8. The maximum absolute atomic E-state index is 13.2. The molecule has 0 unspecified atom stereocenters. The van der Waals surface area contributed by atoms with Crippen LogP contribution in [-0.2, 0) is 32.5 Å². The van der Waals surface area contributed by atoms with E-state index >= 15 is 0 Å². The summed E-state index contributed by atoms with van der Waals surface area (Å²) >= 11 is 0. The number of carbonyl (C=O) groups is 1. The second kappa shape index (κ2) is 6.61. The molecule has 0 saturated heterocycles. The van der Waals surface area contributed by atoms with Gasteiger partial charge in [0.1, 0.15) is 6.04 Å². The molecule has 5 nitrogen and oxygen atoms in total. The van der Waals surface area contributed by atoms with Gasteiger partial charge in [-0.2, -0.15) is 4.31 Å². The molecule has 2 aromatic rings. The minimum absolute atomic E-state index is 0.158. The average molecular weight is 359 g/mol. The summed E-state index contributed by atoms with van der Waals surface area (Å²) in [4.78, 5) is 12.5. The third kappa shape index (κ3) is 3.19. The fourth-order valence-electron chi connectivity index (χ4n) is 3.10. The number of ether oxygens (including phenoxy) is 1. The Bertz CT molecular complexity index is 921. The highest BCUT2D eigenvalue weighted by atomic mass is 32.2. The van der Waals surface area contributed by atoms with Gasteiger partial charge in [-0.15, -0.1) is 0 Å². The van der Waals surface area contributed by atoms with E-state index in [2.05, 4.69) is 0 Å². The number of aryl methyl sites for hydroxylation is 2. The van der Waals surface area contributed by atoms with E-state index in [-0.39, 0.29) is 11.4 Å². The Hall–Kier alpha value is -2.18. The van der Waals surface area contributed by atoms with Gasteiger partial charge >= 0.3 is 5.97 Å². The Kier molecular flexibility index (Phi) is 4.67. The van der Waals surface area contributed by atoms with Crippen LogP contribution >= 0.6 is 0 Å². The minimum Gasteiger partial charge on any atom is -0.468 e. The molecule has 0 aromatic heterocycles. The minimum atomic E-state index is -3.82. The van der Waals surface area contributed by atoms with Gasteiger partial charge in [-0.1, -0.05) is 30.3 Å². The average Bonchev–Trinajstić information content (AvgIpc) is 2.62. The topological polar surface area (TPSA) is 63.7 Å². The SMILES string of the molecule is COC(=O)[C@@H]1Cc2ccccc2CN1S(=O)(=O)c1ccc(C)c(C)c1. The van der Waals surface area contributed by atoms with Gasteiger partial charge in [0.05, 0.1) is 12.0 Å². The third-order valence-electron chi connectivity index (χ3n) is 4.76. The van der Waals surface area contributed by atoms with Crippen LogP contribution in [0.3, 0.4) is 0 Å². The number of esters is 1. The standard InChI is InChI=1S/C19H21NO4S/c1-13-8-9-17(10-14(13)2)25(22,23)20-12-16-7-5-4-6-15(16)11-18(20)19(21)24-3/h4-10,18H,11-12H2,1-3H3/t18-/m0/s1. The smallest absolute Gasteiger partial charge is 0.324 e. The predicted molar refractivity (Wildman–Crippen MR) is 94.6 cm³/mol. The summed E-state index contributed by atoms with van der Waals surface area (Å²) in [6.07, 6.45) is 0.312. The normalized spacial score (nSPS) is 17.8. The summed E-state index contributed by atoms with van der Waals surface area (Å²) in [6.45, 7) is 3.96. The van der Waals surface area contributed by atoms with Crippen molar-refractivity contribution in [2.24, 2.45) is 0 Å². The first-order chi connectivity index (χ1) is 11.8. The zero-order chi connectivity index (χ0) is 18.2. The Balaban J connectivity index is 2.08. The predicted octanol–water partition coefficient (Wildman–Crippen LogP) is 2.59. The maximum Gasteiger partial charge on any atom is 0.324 e. The number of fused-ring (bicyclic) bond motifs is 1. The third-order valence-corrected chi connectivity index (χ3v) is 6.61. The Morgan fingerprint density at radius 3 is 2.40 bits per heavy atom. The molecule has 0 N–H and O–H groups in total. The number of nitrogens with zero attached hydrogens (tertiary/aromatic N) is 1. The lowest BCUT2D eigenvalue weighted by molar-refractivity contribution is -0.145. The van der Waals surface area contributed by atoms with Crippen LogP contribution in [0.1, 0.15) is 22.3 Å². The lowest BCUT2D eigenvalue weighted by Gasteiger charge is -2.34. The van der Waals surface area contributed by atoms with Crippen LogP contribution in [0.15, 0.2) is 47.4 Å². The van der Waals surface area contributed by atoms with Crippen LogP contribution in [0.4, 0.5) is 0 Å². The summed E-state index contributed by atoms with van der Waals surface area (Å²) < 4.78 is 32.5. The van der Waals surface area contributed by atoms with Crippen LogP contribution in [0.2, 0.25) is 0 Å². The highest BCUT2D eigenvalue weighted by Crippen LogP contribution is 2.30. The summed E-state index contributed by atoms with van der Waals surface area (Å²) in [5.74, 6) is -0.540. The number of hydrogen-bond donors (Lipinski definition) is 0. The largest absolute Gasteiger partial charge is 0.468 e. The van der Waals surface area contributed by atoms with E-state index in [1.807, 2.05) is 38.1 Å². The van der Waals surface area contributed by atoms with Crippen LogP contribution in [-0.4, -0.2) is 31.8 Å². The van der Waals surface area contributed by atoms with E-state index in [1.165, 1.54) is 11.4 Å². The zero-order valence-corrected chi connectivity index (χ0v) is 15.3. The molecule has 0 saturated carbocycles. The molecule has 0 fully saturated rings. The number of sulfonamides is 1. The number of benzene rings is 2. The maximum atomic E-state index is 13.2. The first kappa shape index (κ1) is 17.6. The van der Waals surface area contributed by atoms with Gasteiger partial charge in [-0.05, 0) is 48.2 Å². The molecule has 1 heterocycles. The fraction of sp³-hybridized carbons (Fsp3) is 0.316. The van der Waals surface area contributed by atoms with Gasteiger partial charge in [0.25, 0.3) is 0 Å². The van der Waals surface area contributed by atoms with E-state index < -0.39 is 22.0 Å². The molecule has 25 heavy (non-hydrogen) atoms. The van der Waals surface area contributed by atoms with Crippen molar-refractivity contribution in [3.05, 3.63) is 64.7 Å². The highest BCUT2D eigenvalue weighted by molar-refractivity contribution is 7.89. The molecular weight excluding hydrogens is 338 g/mol. The molecule has 3 rings (SSSR count). The van der Waals surface area contributed by atoms with Crippen molar-refractivity contribution in [1.29, 1.82) is 0 Å². The van der Waals surface area contributed by atoms with Crippen molar-refractivity contribution in [1.82, 2.24) is 4.31 Å². The highest BCUT2D eigenvalue weighted by Gasteiger charge is 2.40. The van der Waals surface area contributed by atoms with Gasteiger partial charge < -0.3 is 4.74 Å². The lowest BCUT2D eigenvalue weighted by Crippen LogP contribution is -2.49. The van der Waals surface area contributed by atoms with Crippen molar-refractivity contribution >= 4 is 16.0 Å². The van der Waals surface area contributed by atoms with Crippen molar-refractivity contribution < 1.29 is 17.9 Å². The fourth-order valence-corrected chi connectivity index (χ4v) is 4.74. The molecule has 6 heteroatoms. The molecule has 0 spiro atoms. The van der Waals surface area contributed by atoms with Crippen LogP contribution in [0, 0.1) is 13.8 Å². The van der Waals surface area contributed by atoms with Crippen LogP contribution < -0.4 is 0 Å². The van der Waals surface area contributed by atoms with Gasteiger partial charge in [0.15, 0.2) is 0 Å². The number of carbonyl (C=O) groups excluding carboxylic acids is 1. The van der Waals surface area contributed by atoms with Crippen molar-refractivity contribution in [3.8, 4) is 0 Å². The van der Waals surface area contributed by atoms with Crippen LogP contribution in [0.5, 0.6) is 0 Å². The van der Waals surface area contributed by atoms with Crippen molar-refractivity contribution in [2.45, 2.75) is 37.8 Å². The Labute approximate surface area is 148 Å². The summed E-state index contributed by atoms with van der Waals surface area (Å²) in [5, 5.41) is 0. The van der Waals surface area contributed by atoms with Crippen molar-refractivity contribution in [3.63, 3.8) is 0 Å². The van der Waals surface area contributed by atoms with Gasteiger partial charge in [-0.3, -0.25) is 4.79 Å².